The van der Waals surface area contributed by atoms with E-state index in [-0.39, 0.29) is 0 Å². The summed E-state index contributed by atoms with van der Waals surface area (Å²) in [6.07, 6.45) is 13.7. The van der Waals surface area contributed by atoms with E-state index < -0.39 is 0 Å². The van der Waals surface area contributed by atoms with E-state index in [1.807, 2.05) is 36.8 Å². The Kier molecular flexibility index (Phi) is 12.3. The normalized spacial score (nSPS) is 16.6. The van der Waals surface area contributed by atoms with Crippen molar-refractivity contribution in [2.24, 2.45) is 34.1 Å². The summed E-state index contributed by atoms with van der Waals surface area (Å²) in [4.78, 5) is 18.7. The number of anilines is 1. The molecule has 1 aromatic rings. The molecule has 0 radical (unpaired) electrons. The van der Waals surface area contributed by atoms with E-state index in [4.69, 9.17) is 4.99 Å². The molecule has 0 bridgehead atoms. The lowest BCUT2D eigenvalue weighted by atomic mass is 10.0. The minimum atomic E-state index is 0.340. The third-order valence-corrected chi connectivity index (χ3v) is 6.97. The number of aldehydes is 1. The Hall–Kier alpha value is -3.22. The standard InChI is InChI=1S/C30H46N6O/c1-9-19-35(20-12-13-23(4)10-2)27-15-17-30(34(8)22-27)31-28(18-21-37)29-16-14-25(6)36(33-29)32-26(7)24(5)11-3/h14-18,21-24H,6,9-13,19-20H2,1-5,7-8H3/b28-18-,31-30?,32-26-. The number of aromatic nitrogens is 1. The van der Waals surface area contributed by atoms with Gasteiger partial charge < -0.3 is 9.47 Å². The van der Waals surface area contributed by atoms with Crippen molar-refractivity contribution in [1.29, 1.82) is 0 Å². The highest BCUT2D eigenvalue weighted by Gasteiger charge is 2.15. The maximum absolute atomic E-state index is 11.5. The number of allylic oxidation sites excluding steroid dienone is 3. The molecule has 2 unspecified atom stereocenters. The van der Waals surface area contributed by atoms with E-state index in [1.165, 1.54) is 36.1 Å². The van der Waals surface area contributed by atoms with Crippen molar-refractivity contribution in [3.05, 3.63) is 60.0 Å². The molecule has 202 valence electrons. The molecule has 7 nitrogen and oxygen atoms in total. The largest absolute Gasteiger partial charge is 0.370 e. The van der Waals surface area contributed by atoms with E-state index in [0.29, 0.717) is 23.0 Å². The number of hydrogen-bond donors (Lipinski definition) is 0. The second kappa shape index (κ2) is 15.1. The molecular formula is C30H46N6O. The third-order valence-electron chi connectivity index (χ3n) is 6.97. The molecule has 2 heterocycles. The summed E-state index contributed by atoms with van der Waals surface area (Å²) in [5, 5.41) is 10.8. The van der Waals surface area contributed by atoms with Crippen molar-refractivity contribution in [1.82, 2.24) is 9.69 Å². The van der Waals surface area contributed by atoms with Crippen LogP contribution in [-0.2, 0) is 11.8 Å². The number of carbonyl (C=O) groups is 1. The molecule has 0 saturated carbocycles. The molecule has 2 atom stereocenters. The van der Waals surface area contributed by atoms with Crippen LogP contribution in [0.3, 0.4) is 0 Å². The van der Waals surface area contributed by atoms with Crippen molar-refractivity contribution < 1.29 is 4.79 Å². The average molecular weight is 507 g/mol. The minimum absolute atomic E-state index is 0.340. The first-order valence-electron chi connectivity index (χ1n) is 13.7. The first-order valence-corrected chi connectivity index (χ1v) is 13.7. The third kappa shape index (κ3) is 8.99. The van der Waals surface area contributed by atoms with Crippen LogP contribution in [0.1, 0.15) is 73.6 Å². The van der Waals surface area contributed by atoms with Crippen molar-refractivity contribution in [2.45, 2.75) is 73.6 Å². The molecule has 0 spiro atoms. The molecule has 0 aromatic carbocycles. The second-order valence-corrected chi connectivity index (χ2v) is 9.95. The van der Waals surface area contributed by atoms with Crippen LogP contribution in [0.15, 0.2) is 69.7 Å². The fraction of sp³-hybridized carbons (Fsp3) is 0.533. The van der Waals surface area contributed by atoms with Gasteiger partial charge in [0.1, 0.15) is 17.5 Å². The number of hydrazone groups is 2. The van der Waals surface area contributed by atoms with Crippen molar-refractivity contribution in [2.75, 3.05) is 18.0 Å². The second-order valence-electron chi connectivity index (χ2n) is 9.95. The molecular weight excluding hydrogens is 460 g/mol. The number of pyridine rings is 1. The number of nitrogens with zero attached hydrogens (tertiary/aromatic N) is 6. The smallest absolute Gasteiger partial charge is 0.145 e. The van der Waals surface area contributed by atoms with Crippen LogP contribution in [0.25, 0.3) is 0 Å². The zero-order valence-electron chi connectivity index (χ0n) is 23.9. The Morgan fingerprint density at radius 1 is 1.16 bits per heavy atom. The van der Waals surface area contributed by atoms with Gasteiger partial charge in [-0.05, 0) is 68.7 Å². The van der Waals surface area contributed by atoms with Gasteiger partial charge in [0, 0.05) is 38.1 Å². The molecule has 0 fully saturated rings. The highest BCUT2D eigenvalue weighted by molar-refractivity contribution is 6.10. The Labute approximate surface area is 223 Å². The SMILES string of the molecule is C=C1C=CC(/C(=C/C=O)N=c2ccc(N(CCC)CCCC(C)CC)cn2C)=NN1/N=C(/C)C(C)CC. The lowest BCUT2D eigenvalue weighted by Crippen LogP contribution is -2.28. The van der Waals surface area contributed by atoms with Crippen molar-refractivity contribution in [3.63, 3.8) is 0 Å². The summed E-state index contributed by atoms with van der Waals surface area (Å²) in [7, 11) is 1.98. The molecule has 1 aliphatic rings. The summed E-state index contributed by atoms with van der Waals surface area (Å²) in [6.45, 7) is 19.2. The minimum Gasteiger partial charge on any atom is -0.370 e. The lowest BCUT2D eigenvalue weighted by molar-refractivity contribution is -0.104. The van der Waals surface area contributed by atoms with Crippen LogP contribution in [0.5, 0.6) is 0 Å². The molecule has 0 aliphatic carbocycles. The molecule has 7 heteroatoms. The van der Waals surface area contributed by atoms with Crippen LogP contribution >= 0.6 is 0 Å². The molecule has 0 amide bonds. The Balaban J connectivity index is 2.35. The van der Waals surface area contributed by atoms with Gasteiger partial charge in [-0.15, -0.1) is 5.10 Å². The van der Waals surface area contributed by atoms with Crippen LogP contribution in [0, 0.1) is 11.8 Å². The number of rotatable bonds is 14. The number of aryl methyl sites for hydroxylation is 1. The first-order chi connectivity index (χ1) is 17.7. The maximum Gasteiger partial charge on any atom is 0.145 e. The van der Waals surface area contributed by atoms with Gasteiger partial charge in [-0.1, -0.05) is 47.6 Å². The van der Waals surface area contributed by atoms with E-state index in [0.717, 1.165) is 49.3 Å². The Morgan fingerprint density at radius 3 is 2.54 bits per heavy atom. The summed E-state index contributed by atoms with van der Waals surface area (Å²) in [5.41, 5.74) is 4.59. The number of carbonyl (C=O) groups excluding carboxylic acids is 1. The summed E-state index contributed by atoms with van der Waals surface area (Å²) in [6, 6.07) is 4.11. The van der Waals surface area contributed by atoms with Gasteiger partial charge >= 0.3 is 0 Å². The van der Waals surface area contributed by atoms with E-state index >= 15 is 0 Å². The van der Waals surface area contributed by atoms with Crippen molar-refractivity contribution in [3.8, 4) is 0 Å². The lowest BCUT2D eigenvalue weighted by Gasteiger charge is -2.25. The van der Waals surface area contributed by atoms with Crippen LogP contribution in [0.4, 0.5) is 5.69 Å². The summed E-state index contributed by atoms with van der Waals surface area (Å²) >= 11 is 0. The van der Waals surface area contributed by atoms with E-state index in [9.17, 15) is 4.79 Å². The van der Waals surface area contributed by atoms with Gasteiger partial charge in [0.2, 0.25) is 0 Å². The summed E-state index contributed by atoms with van der Waals surface area (Å²) < 4.78 is 2.00. The van der Waals surface area contributed by atoms with Crippen LogP contribution < -0.4 is 10.4 Å². The topological polar surface area (TPSA) is 65.6 Å². The number of hydrogen-bond acceptors (Lipinski definition) is 6. The van der Waals surface area contributed by atoms with E-state index in [1.54, 1.807) is 0 Å². The first kappa shape index (κ1) is 30.0. The Bertz CT molecular complexity index is 1110. The maximum atomic E-state index is 11.5. The van der Waals surface area contributed by atoms with Crippen LogP contribution in [-0.4, -0.2) is 40.5 Å². The zero-order valence-corrected chi connectivity index (χ0v) is 23.9. The fourth-order valence-electron chi connectivity index (χ4n) is 3.94. The summed E-state index contributed by atoms with van der Waals surface area (Å²) in [5.74, 6) is 1.10. The predicted octanol–water partition coefficient (Wildman–Crippen LogP) is 6.21. The molecule has 0 saturated heterocycles. The molecule has 37 heavy (non-hydrogen) atoms. The highest BCUT2D eigenvalue weighted by Crippen LogP contribution is 2.18. The van der Waals surface area contributed by atoms with Crippen molar-refractivity contribution >= 4 is 23.4 Å². The molecule has 0 N–H and O–H groups in total. The fourth-order valence-corrected chi connectivity index (χ4v) is 3.94. The molecule has 1 aromatic heterocycles. The van der Waals surface area contributed by atoms with Gasteiger partial charge in [-0.3, -0.25) is 4.79 Å². The van der Waals surface area contributed by atoms with Gasteiger partial charge in [-0.2, -0.15) is 10.2 Å². The van der Waals surface area contributed by atoms with Gasteiger partial charge in [0.25, 0.3) is 0 Å². The average Bonchev–Trinajstić information content (AvgIpc) is 2.89. The zero-order chi connectivity index (χ0) is 27.4. The predicted molar refractivity (Wildman–Crippen MR) is 156 cm³/mol. The van der Waals surface area contributed by atoms with E-state index in [2.05, 4.69) is 68.6 Å². The quantitative estimate of drug-likeness (QED) is 0.171. The van der Waals surface area contributed by atoms with Gasteiger partial charge in [-0.25, -0.2) is 4.99 Å². The Morgan fingerprint density at radius 2 is 1.92 bits per heavy atom. The highest BCUT2D eigenvalue weighted by atomic mass is 16.1. The molecule has 1 aliphatic heterocycles. The monoisotopic (exact) mass is 506 g/mol. The van der Waals surface area contributed by atoms with Gasteiger partial charge in [0.15, 0.2) is 0 Å². The van der Waals surface area contributed by atoms with Gasteiger partial charge in [0.05, 0.1) is 17.1 Å². The van der Waals surface area contributed by atoms with Crippen LogP contribution in [0.2, 0.25) is 0 Å². The molecule has 2 rings (SSSR count).